The standard InChI is InChI=1S/C57H73N7O22/c1-27(2)45(62-41(65)14-15-42(66)67)52(71)61-35(9-8-16-59-55(58)73)51(70)60-31-12-10-29(11-13-31)23-80-56(74)63(4)17-18-64(5)57(75)86-49-38(76-6)19-30(20-39(49)77-7)43-32-21-36-37(82-26-81-36)22-33(32)48(34-24-79-53(72)44(34)43)85-54-47(69)46(68)50-40(84-54)25-78-28(3)83-50/h10-13,19-22,27-28,34-35,40,43-48,50,54,68-69H,8-9,14-18,23-26H2,1-7H3,(H,60,70)(H,61,71)(H,62,65)(H,66,67)(H3,58,59,73)/t28-,34?,35+,40?,43-,44?,45+,46-,47-,48-,50?,54+/m1/s1. The van der Waals surface area contributed by atoms with Crippen LogP contribution in [-0.2, 0) is 59.0 Å². The number of carbonyl (C=O) groups excluding carboxylic acids is 7. The number of aliphatic carboxylic acids is 1. The fourth-order valence-electron chi connectivity index (χ4n) is 10.7. The molecule has 468 valence electrons. The number of cyclic esters (lactones) is 1. The minimum atomic E-state index is -1.54. The Morgan fingerprint density at radius 2 is 1.48 bits per heavy atom. The predicted molar refractivity (Wildman–Crippen MR) is 296 cm³/mol. The number of ether oxygens (including phenoxy) is 11. The van der Waals surface area contributed by atoms with Gasteiger partial charge in [0, 0.05) is 57.7 Å². The fourth-order valence-corrected chi connectivity index (χ4v) is 10.7. The van der Waals surface area contributed by atoms with Gasteiger partial charge in [0.1, 0.15) is 43.1 Å². The van der Waals surface area contributed by atoms with Gasteiger partial charge in [-0.25, -0.2) is 14.4 Å². The van der Waals surface area contributed by atoms with Gasteiger partial charge in [0.25, 0.3) is 0 Å². The van der Waals surface area contributed by atoms with E-state index in [1.165, 1.54) is 38.1 Å². The molecular formula is C57H73N7O22. The van der Waals surface area contributed by atoms with E-state index in [2.05, 4.69) is 21.3 Å². The monoisotopic (exact) mass is 1210 g/mol. The molecule has 29 nitrogen and oxygen atoms in total. The van der Waals surface area contributed by atoms with Crippen molar-refractivity contribution in [1.29, 1.82) is 0 Å². The van der Waals surface area contributed by atoms with E-state index in [1.54, 1.807) is 69.3 Å². The van der Waals surface area contributed by atoms with Crippen molar-refractivity contribution in [3.63, 3.8) is 0 Å². The summed E-state index contributed by atoms with van der Waals surface area (Å²) in [7, 11) is 5.68. The molecule has 0 aromatic heterocycles. The second-order valence-corrected chi connectivity index (χ2v) is 21.6. The summed E-state index contributed by atoms with van der Waals surface area (Å²) in [4.78, 5) is 105. The number of amides is 7. The third-order valence-electron chi connectivity index (χ3n) is 15.3. The number of hydrogen-bond donors (Lipinski definition) is 8. The molecule has 0 bridgehead atoms. The van der Waals surface area contributed by atoms with Crippen molar-refractivity contribution in [2.45, 2.75) is 114 Å². The van der Waals surface area contributed by atoms with E-state index < -0.39 is 133 Å². The summed E-state index contributed by atoms with van der Waals surface area (Å²) in [6.45, 7) is 4.89. The van der Waals surface area contributed by atoms with Crippen LogP contribution >= 0.6 is 0 Å². The van der Waals surface area contributed by atoms with Gasteiger partial charge in [-0.1, -0.05) is 26.0 Å². The van der Waals surface area contributed by atoms with E-state index in [-0.39, 0.29) is 82.8 Å². The number of fused-ring (bicyclic) bond motifs is 4. The average molecular weight is 1210 g/mol. The molecule has 8 rings (SSSR count). The highest BCUT2D eigenvalue weighted by Crippen LogP contribution is 2.57. The lowest BCUT2D eigenvalue weighted by atomic mass is 9.66. The summed E-state index contributed by atoms with van der Waals surface area (Å²) >= 11 is 0. The number of anilines is 1. The third kappa shape index (κ3) is 15.1. The number of aliphatic hydroxyl groups excluding tert-OH is 2. The predicted octanol–water partition coefficient (Wildman–Crippen LogP) is 2.21. The van der Waals surface area contributed by atoms with Crippen molar-refractivity contribution in [3.05, 3.63) is 70.8 Å². The highest BCUT2D eigenvalue weighted by Gasteiger charge is 2.56. The van der Waals surface area contributed by atoms with Crippen molar-refractivity contribution >= 4 is 53.6 Å². The number of rotatable bonds is 24. The zero-order chi connectivity index (χ0) is 62.1. The van der Waals surface area contributed by atoms with Crippen LogP contribution in [0.5, 0.6) is 28.7 Å². The van der Waals surface area contributed by atoms with Crippen molar-refractivity contribution in [2.24, 2.45) is 23.5 Å². The summed E-state index contributed by atoms with van der Waals surface area (Å²) in [5.74, 6) is -5.50. The summed E-state index contributed by atoms with van der Waals surface area (Å²) in [5.41, 5.74) is 7.71. The second kappa shape index (κ2) is 28.3. The third-order valence-corrected chi connectivity index (χ3v) is 15.3. The second-order valence-electron chi connectivity index (χ2n) is 21.6. The van der Waals surface area contributed by atoms with Gasteiger partial charge in [-0.2, -0.15) is 0 Å². The molecule has 12 atom stereocenters. The summed E-state index contributed by atoms with van der Waals surface area (Å²) in [6, 6.07) is 10.1. The highest BCUT2D eigenvalue weighted by atomic mass is 16.8. The number of carboxylic acid groups (broad SMARTS) is 1. The van der Waals surface area contributed by atoms with Crippen molar-refractivity contribution in [3.8, 4) is 28.7 Å². The molecule has 29 heteroatoms. The zero-order valence-electron chi connectivity index (χ0n) is 48.5. The van der Waals surface area contributed by atoms with Crippen LogP contribution in [0.3, 0.4) is 0 Å². The number of benzene rings is 3. The number of urea groups is 1. The molecular weight excluding hydrogens is 1130 g/mol. The lowest BCUT2D eigenvalue weighted by Crippen LogP contribution is -2.63. The molecule has 4 unspecified atom stereocenters. The van der Waals surface area contributed by atoms with Crippen molar-refractivity contribution in [1.82, 2.24) is 25.8 Å². The van der Waals surface area contributed by atoms with Gasteiger partial charge in [0.2, 0.25) is 30.3 Å². The quantitative estimate of drug-likeness (QED) is 0.0471. The van der Waals surface area contributed by atoms with Gasteiger partial charge in [0.15, 0.2) is 35.6 Å². The molecule has 0 spiro atoms. The smallest absolute Gasteiger partial charge is 0.415 e. The Bertz CT molecular complexity index is 2960. The zero-order valence-corrected chi connectivity index (χ0v) is 48.5. The lowest BCUT2D eigenvalue weighted by molar-refractivity contribution is -0.364. The number of primary amides is 1. The Morgan fingerprint density at radius 3 is 2.12 bits per heavy atom. The number of hydrogen-bond acceptors (Lipinski definition) is 21. The van der Waals surface area contributed by atoms with Crippen LogP contribution in [0.2, 0.25) is 0 Å². The minimum Gasteiger partial charge on any atom is -0.493 e. The van der Waals surface area contributed by atoms with Crippen LogP contribution in [-0.4, -0.2) is 190 Å². The number of nitrogens with two attached hydrogens (primary N) is 1. The normalized spacial score (nSPS) is 24.0. The first-order chi connectivity index (χ1) is 41.0. The fraction of sp³-hybridized carbons (Fsp3) is 0.544. The molecule has 0 saturated carbocycles. The molecule has 4 aliphatic heterocycles. The Hall–Kier alpha value is -8.22. The summed E-state index contributed by atoms with van der Waals surface area (Å²) < 4.78 is 64.4. The molecule has 0 radical (unpaired) electrons. The van der Waals surface area contributed by atoms with Gasteiger partial charge in [0.05, 0.1) is 45.9 Å². The number of esters is 1. The minimum absolute atomic E-state index is 0.00640. The van der Waals surface area contributed by atoms with Crippen LogP contribution in [0.25, 0.3) is 0 Å². The summed E-state index contributed by atoms with van der Waals surface area (Å²) in [5, 5.41) is 41.8. The van der Waals surface area contributed by atoms with E-state index in [9.17, 15) is 48.6 Å². The number of methoxy groups -OCH3 is 2. The van der Waals surface area contributed by atoms with E-state index in [1.807, 2.05) is 0 Å². The largest absolute Gasteiger partial charge is 0.493 e. The lowest BCUT2D eigenvalue weighted by Gasteiger charge is -2.47. The Kier molecular flexibility index (Phi) is 21.0. The summed E-state index contributed by atoms with van der Waals surface area (Å²) in [6.07, 6.45) is -9.52. The van der Waals surface area contributed by atoms with Crippen LogP contribution in [0.15, 0.2) is 48.5 Å². The molecule has 86 heavy (non-hydrogen) atoms. The molecule has 3 aromatic carbocycles. The molecule has 9 N–H and O–H groups in total. The average Bonchev–Trinajstić information content (AvgIpc) is 1.51. The molecule has 7 amide bonds. The first kappa shape index (κ1) is 63.8. The van der Waals surface area contributed by atoms with E-state index in [0.717, 1.165) is 0 Å². The van der Waals surface area contributed by atoms with Crippen molar-refractivity contribution < 1.29 is 106 Å². The van der Waals surface area contributed by atoms with Gasteiger partial charge < -0.3 is 104 Å². The Balaban J connectivity index is 0.876. The van der Waals surface area contributed by atoms with E-state index >= 15 is 0 Å². The maximum absolute atomic E-state index is 13.9. The number of nitrogens with zero attached hydrogens (tertiary/aromatic N) is 2. The number of aliphatic hydroxyl groups is 2. The van der Waals surface area contributed by atoms with Gasteiger partial charge >= 0.3 is 30.2 Å². The number of carbonyl (C=O) groups is 8. The molecule has 1 aliphatic carbocycles. The highest BCUT2D eigenvalue weighted by molar-refractivity contribution is 5.98. The molecule has 3 fully saturated rings. The first-order valence-corrected chi connectivity index (χ1v) is 27.9. The number of nitrogens with one attached hydrogen (secondary N) is 4. The molecule has 4 heterocycles. The van der Waals surface area contributed by atoms with Crippen LogP contribution in [0, 0.1) is 17.8 Å². The van der Waals surface area contributed by atoms with Gasteiger partial charge in [-0.05, 0) is 84.3 Å². The van der Waals surface area contributed by atoms with E-state index in [4.69, 9.17) is 62.9 Å². The molecule has 3 aromatic rings. The Labute approximate surface area is 494 Å². The topological polar surface area (TPSA) is 379 Å². The Morgan fingerprint density at radius 1 is 0.814 bits per heavy atom. The van der Waals surface area contributed by atoms with Crippen molar-refractivity contribution in [2.75, 3.05) is 73.3 Å². The SMILES string of the molecule is COc1cc([C@@H]2c3cc4c(cc3[C@@H](O[C@@H]3OC5CO[C@@H](C)OC5[C@H](O)[C@H]3O)C3COC(=O)C32)OCO4)cc(OC)c1OC(=O)N(C)CCN(C)C(=O)OCc1ccc(NC(=O)[C@H](CCCNC(N)=O)NC(=O)[C@@H](NC(=O)CCC(=O)O)C(C)C)cc1. The maximum atomic E-state index is 13.9. The van der Waals surface area contributed by atoms with Crippen LogP contribution < -0.4 is 50.7 Å². The number of likely N-dealkylation sites (N-methyl/N-ethyl adjacent to an activating group) is 2. The first-order valence-electron chi connectivity index (χ1n) is 27.9. The van der Waals surface area contributed by atoms with Crippen LogP contribution in [0.4, 0.5) is 20.1 Å². The van der Waals surface area contributed by atoms with Gasteiger partial charge in [-0.15, -0.1) is 0 Å². The molecule has 3 saturated heterocycles. The molecule has 5 aliphatic rings. The maximum Gasteiger partial charge on any atom is 0.415 e. The van der Waals surface area contributed by atoms with Gasteiger partial charge in [-0.3, -0.25) is 24.0 Å². The van der Waals surface area contributed by atoms with E-state index in [0.29, 0.717) is 39.4 Å². The number of carboxylic acids is 1. The van der Waals surface area contributed by atoms with Crippen LogP contribution in [0.1, 0.15) is 80.7 Å².